The molecule has 5 nitrogen and oxygen atoms in total. The molecule has 0 atom stereocenters. The number of amides is 1. The molecule has 0 spiro atoms. The third-order valence-corrected chi connectivity index (χ3v) is 3.38. The van der Waals surface area contributed by atoms with Crippen LogP contribution in [0.25, 0.3) is 0 Å². The molecule has 0 saturated carbocycles. The number of carbonyl (C=O) groups is 1. The first kappa shape index (κ1) is 14.3. The van der Waals surface area contributed by atoms with E-state index >= 15 is 0 Å². The molecule has 6 heteroatoms. The summed E-state index contributed by atoms with van der Waals surface area (Å²) < 4.78 is 10.4. The Bertz CT molecular complexity index is 278. The summed E-state index contributed by atoms with van der Waals surface area (Å²) in [4.78, 5) is 12.4. The summed E-state index contributed by atoms with van der Waals surface area (Å²) in [5.41, 5.74) is 4.98. The van der Waals surface area contributed by atoms with Crippen molar-refractivity contribution in [3.05, 3.63) is 0 Å². The number of hydrogen-bond donors (Lipinski definition) is 2. The van der Waals surface area contributed by atoms with Crippen LogP contribution in [0.3, 0.4) is 0 Å². The van der Waals surface area contributed by atoms with Gasteiger partial charge in [-0.2, -0.15) is 0 Å². The second-order valence-corrected chi connectivity index (χ2v) is 4.45. The van der Waals surface area contributed by atoms with Crippen molar-refractivity contribution in [2.45, 2.75) is 19.8 Å². The van der Waals surface area contributed by atoms with E-state index in [2.05, 4.69) is 5.32 Å². The Morgan fingerprint density at radius 2 is 2.18 bits per heavy atom. The predicted molar refractivity (Wildman–Crippen MR) is 68.8 cm³/mol. The van der Waals surface area contributed by atoms with Crippen LogP contribution >= 0.6 is 12.2 Å². The Morgan fingerprint density at radius 1 is 1.53 bits per heavy atom. The van der Waals surface area contributed by atoms with Crippen LogP contribution in [0.4, 0.5) is 0 Å². The van der Waals surface area contributed by atoms with Crippen molar-refractivity contribution >= 4 is 23.1 Å². The highest BCUT2D eigenvalue weighted by molar-refractivity contribution is 7.80. The summed E-state index contributed by atoms with van der Waals surface area (Å²) >= 11 is 5.04. The highest BCUT2D eigenvalue weighted by Crippen LogP contribution is 2.31. The zero-order valence-corrected chi connectivity index (χ0v) is 11.0. The van der Waals surface area contributed by atoms with Crippen molar-refractivity contribution in [3.8, 4) is 0 Å². The fourth-order valence-electron chi connectivity index (χ4n) is 1.86. The Morgan fingerprint density at radius 3 is 2.71 bits per heavy atom. The SMILES string of the molecule is CCOCCNC(=O)C1(C(N)=S)CCOCC1. The number of nitrogens with one attached hydrogen (secondary N) is 1. The monoisotopic (exact) mass is 260 g/mol. The van der Waals surface area contributed by atoms with Gasteiger partial charge in [0.05, 0.1) is 11.6 Å². The molecule has 0 aromatic carbocycles. The quantitative estimate of drug-likeness (QED) is 0.528. The molecule has 0 unspecified atom stereocenters. The molecule has 98 valence electrons. The van der Waals surface area contributed by atoms with Crippen LogP contribution < -0.4 is 11.1 Å². The molecule has 1 aliphatic heterocycles. The average Bonchev–Trinajstić information content (AvgIpc) is 2.35. The molecule has 0 aromatic rings. The minimum absolute atomic E-state index is 0.104. The van der Waals surface area contributed by atoms with Crippen LogP contribution in [0.5, 0.6) is 0 Å². The number of ether oxygens (including phenoxy) is 2. The molecule has 1 fully saturated rings. The van der Waals surface area contributed by atoms with Crippen LogP contribution in [-0.4, -0.2) is 43.9 Å². The van der Waals surface area contributed by atoms with E-state index in [1.54, 1.807) is 0 Å². The van der Waals surface area contributed by atoms with E-state index in [1.165, 1.54) is 0 Å². The van der Waals surface area contributed by atoms with Gasteiger partial charge in [0.1, 0.15) is 5.41 Å². The third kappa shape index (κ3) is 3.62. The fraction of sp³-hybridized carbons (Fsp3) is 0.818. The Balaban J connectivity index is 2.52. The number of hydrogen-bond acceptors (Lipinski definition) is 4. The van der Waals surface area contributed by atoms with Gasteiger partial charge in [-0.15, -0.1) is 0 Å². The van der Waals surface area contributed by atoms with E-state index in [1.807, 2.05) is 6.92 Å². The summed E-state index contributed by atoms with van der Waals surface area (Å²) in [6, 6.07) is 0. The summed E-state index contributed by atoms with van der Waals surface area (Å²) in [7, 11) is 0. The third-order valence-electron chi connectivity index (χ3n) is 2.99. The van der Waals surface area contributed by atoms with Crippen molar-refractivity contribution in [3.63, 3.8) is 0 Å². The number of carbonyl (C=O) groups excluding carboxylic acids is 1. The minimum Gasteiger partial charge on any atom is -0.392 e. The molecule has 0 radical (unpaired) electrons. The van der Waals surface area contributed by atoms with E-state index in [0.717, 1.165) is 0 Å². The molecule has 0 bridgehead atoms. The maximum absolute atomic E-state index is 12.1. The first-order valence-corrected chi connectivity index (χ1v) is 6.28. The predicted octanol–water partition coefficient (Wildman–Crippen LogP) is 0.222. The van der Waals surface area contributed by atoms with E-state index < -0.39 is 5.41 Å². The molecule has 17 heavy (non-hydrogen) atoms. The summed E-state index contributed by atoms with van der Waals surface area (Å²) in [5.74, 6) is -0.104. The highest BCUT2D eigenvalue weighted by atomic mass is 32.1. The molecule has 0 aliphatic carbocycles. The molecule has 1 rings (SSSR count). The second kappa shape index (κ2) is 6.88. The van der Waals surface area contributed by atoms with Crippen LogP contribution in [-0.2, 0) is 14.3 Å². The lowest BCUT2D eigenvalue weighted by Gasteiger charge is -2.34. The van der Waals surface area contributed by atoms with Crippen LogP contribution in [0.1, 0.15) is 19.8 Å². The Hall–Kier alpha value is -0.720. The molecule has 3 N–H and O–H groups in total. The fourth-order valence-corrected chi connectivity index (χ4v) is 2.15. The molecule has 0 aromatic heterocycles. The van der Waals surface area contributed by atoms with Gasteiger partial charge < -0.3 is 20.5 Å². The lowest BCUT2D eigenvalue weighted by Crippen LogP contribution is -2.52. The first-order chi connectivity index (χ1) is 8.13. The van der Waals surface area contributed by atoms with E-state index in [9.17, 15) is 4.79 Å². The smallest absolute Gasteiger partial charge is 0.233 e. The molecule has 1 aliphatic rings. The van der Waals surface area contributed by atoms with Gasteiger partial charge in [-0.3, -0.25) is 4.79 Å². The van der Waals surface area contributed by atoms with E-state index in [-0.39, 0.29) is 10.9 Å². The zero-order valence-electron chi connectivity index (χ0n) is 10.2. The van der Waals surface area contributed by atoms with Crippen molar-refractivity contribution < 1.29 is 14.3 Å². The lowest BCUT2D eigenvalue weighted by atomic mass is 9.79. The maximum Gasteiger partial charge on any atom is 0.233 e. The van der Waals surface area contributed by atoms with Crippen LogP contribution in [0, 0.1) is 5.41 Å². The molecule has 1 saturated heterocycles. The number of thiocarbonyl (C=S) groups is 1. The highest BCUT2D eigenvalue weighted by Gasteiger charge is 2.42. The standard InChI is InChI=1S/C11H20N2O3S/c1-2-15-8-5-13-10(14)11(9(12)17)3-6-16-7-4-11/h2-8H2,1H3,(H2,12,17)(H,13,14). The van der Waals surface area contributed by atoms with Crippen molar-refractivity contribution in [2.24, 2.45) is 11.1 Å². The minimum atomic E-state index is -0.736. The van der Waals surface area contributed by atoms with Crippen molar-refractivity contribution in [2.75, 3.05) is 33.0 Å². The van der Waals surface area contributed by atoms with Gasteiger partial charge in [0.15, 0.2) is 0 Å². The Labute approximate surface area is 107 Å². The lowest BCUT2D eigenvalue weighted by molar-refractivity contribution is -0.131. The second-order valence-electron chi connectivity index (χ2n) is 4.01. The average molecular weight is 260 g/mol. The number of nitrogens with two attached hydrogens (primary N) is 1. The van der Waals surface area contributed by atoms with Gasteiger partial charge in [-0.25, -0.2) is 0 Å². The van der Waals surface area contributed by atoms with Crippen molar-refractivity contribution in [1.82, 2.24) is 5.32 Å². The maximum atomic E-state index is 12.1. The molecular weight excluding hydrogens is 240 g/mol. The topological polar surface area (TPSA) is 73.6 Å². The first-order valence-electron chi connectivity index (χ1n) is 5.87. The van der Waals surface area contributed by atoms with E-state index in [4.69, 9.17) is 27.4 Å². The van der Waals surface area contributed by atoms with Crippen LogP contribution in [0.2, 0.25) is 0 Å². The number of rotatable bonds is 6. The summed E-state index contributed by atoms with van der Waals surface area (Å²) in [6.45, 7) is 4.59. The zero-order chi connectivity index (χ0) is 12.7. The van der Waals surface area contributed by atoms with Gasteiger partial charge >= 0.3 is 0 Å². The van der Waals surface area contributed by atoms with Gasteiger partial charge in [0.2, 0.25) is 5.91 Å². The summed E-state index contributed by atoms with van der Waals surface area (Å²) in [6.07, 6.45) is 1.12. The normalized spacial score (nSPS) is 18.6. The largest absolute Gasteiger partial charge is 0.392 e. The van der Waals surface area contributed by atoms with Gasteiger partial charge in [0, 0.05) is 26.4 Å². The van der Waals surface area contributed by atoms with E-state index in [0.29, 0.717) is 45.8 Å². The van der Waals surface area contributed by atoms with Gasteiger partial charge in [0.25, 0.3) is 0 Å². The van der Waals surface area contributed by atoms with Crippen molar-refractivity contribution in [1.29, 1.82) is 0 Å². The molecular formula is C11H20N2O3S. The summed E-state index contributed by atoms with van der Waals surface area (Å²) in [5, 5.41) is 2.82. The van der Waals surface area contributed by atoms with Gasteiger partial charge in [-0.1, -0.05) is 12.2 Å². The van der Waals surface area contributed by atoms with Crippen LogP contribution in [0.15, 0.2) is 0 Å². The Kier molecular flexibility index (Phi) is 5.80. The van der Waals surface area contributed by atoms with Gasteiger partial charge in [-0.05, 0) is 19.8 Å². The molecule has 1 amide bonds. The molecule has 1 heterocycles.